The molecule has 0 atom stereocenters. The minimum absolute atomic E-state index is 0.0188. The largest absolute Gasteiger partial charge is 0.453 e. The van der Waals surface area contributed by atoms with E-state index < -0.39 is 18.4 Å². The molecule has 154 valence electrons. The first kappa shape index (κ1) is 21.0. The first-order valence-electron chi connectivity index (χ1n) is 9.56. The van der Waals surface area contributed by atoms with E-state index in [1.54, 1.807) is 48.5 Å². The van der Waals surface area contributed by atoms with Gasteiger partial charge < -0.3 is 15.0 Å². The van der Waals surface area contributed by atoms with E-state index in [9.17, 15) is 19.2 Å². The third-order valence-corrected chi connectivity index (χ3v) is 4.38. The number of aromatic amines is 1. The summed E-state index contributed by atoms with van der Waals surface area (Å²) in [4.78, 5) is 51.3. The molecular weight excluding hydrogens is 384 g/mol. The van der Waals surface area contributed by atoms with Gasteiger partial charge in [0.15, 0.2) is 17.8 Å². The van der Waals surface area contributed by atoms with Gasteiger partial charge in [0, 0.05) is 34.6 Å². The number of hydrogen-bond donors (Lipinski definition) is 2. The van der Waals surface area contributed by atoms with E-state index in [1.807, 2.05) is 13.8 Å². The van der Waals surface area contributed by atoms with Gasteiger partial charge in [0.05, 0.1) is 0 Å². The number of benzene rings is 2. The van der Waals surface area contributed by atoms with Crippen LogP contribution >= 0.6 is 0 Å². The van der Waals surface area contributed by atoms with E-state index in [-0.39, 0.29) is 22.9 Å². The first-order chi connectivity index (χ1) is 14.3. The Morgan fingerprint density at radius 1 is 1.03 bits per heavy atom. The van der Waals surface area contributed by atoms with Crippen LogP contribution in [0.4, 0.5) is 5.69 Å². The molecule has 2 aromatic carbocycles. The molecule has 1 aromatic heterocycles. The number of ether oxygens (including phenoxy) is 1. The van der Waals surface area contributed by atoms with Crippen molar-refractivity contribution in [3.05, 3.63) is 76.1 Å². The molecule has 0 fully saturated rings. The summed E-state index contributed by atoms with van der Waals surface area (Å²) in [5, 5.41) is 3.23. The average molecular weight is 406 g/mol. The van der Waals surface area contributed by atoms with Crippen molar-refractivity contribution in [3.8, 4) is 0 Å². The topological polar surface area (TPSA) is 105 Å². The number of esters is 1. The van der Waals surface area contributed by atoms with Gasteiger partial charge in [-0.2, -0.15) is 0 Å². The van der Waals surface area contributed by atoms with Crippen LogP contribution in [-0.4, -0.2) is 29.3 Å². The van der Waals surface area contributed by atoms with E-state index in [0.29, 0.717) is 28.6 Å². The fraction of sp³-hybridized carbons (Fsp3) is 0.217. The number of nitrogens with one attached hydrogen (secondary N) is 2. The fourth-order valence-electron chi connectivity index (χ4n) is 2.92. The van der Waals surface area contributed by atoms with Crippen LogP contribution in [0.15, 0.2) is 59.4 Å². The fourth-order valence-corrected chi connectivity index (χ4v) is 2.92. The van der Waals surface area contributed by atoms with Crippen molar-refractivity contribution in [2.24, 2.45) is 5.92 Å². The number of anilines is 1. The Balaban J connectivity index is 1.60. The van der Waals surface area contributed by atoms with Gasteiger partial charge in [0.25, 0.3) is 0 Å². The molecule has 0 bridgehead atoms. The lowest BCUT2D eigenvalue weighted by molar-refractivity contribution is -0.116. The monoisotopic (exact) mass is 406 g/mol. The molecule has 0 radical (unpaired) electrons. The number of hydrogen-bond acceptors (Lipinski definition) is 5. The second-order valence-electron chi connectivity index (χ2n) is 7.32. The van der Waals surface area contributed by atoms with Crippen molar-refractivity contribution >= 4 is 34.3 Å². The highest BCUT2D eigenvalue weighted by atomic mass is 16.5. The van der Waals surface area contributed by atoms with Crippen LogP contribution in [0, 0.1) is 5.92 Å². The summed E-state index contributed by atoms with van der Waals surface area (Å²) in [6, 6.07) is 14.3. The third-order valence-electron chi connectivity index (χ3n) is 4.38. The number of fused-ring (bicyclic) bond motifs is 1. The van der Waals surface area contributed by atoms with Gasteiger partial charge in [-0.15, -0.1) is 0 Å². The van der Waals surface area contributed by atoms with E-state index in [0.717, 1.165) is 6.07 Å². The molecule has 7 heteroatoms. The van der Waals surface area contributed by atoms with E-state index >= 15 is 0 Å². The van der Waals surface area contributed by atoms with Crippen molar-refractivity contribution in [1.29, 1.82) is 0 Å². The normalized spacial score (nSPS) is 10.8. The number of pyridine rings is 1. The SMILES string of the molecule is CC(C)CC(=O)Nc1ccc(C(=O)COC(=O)c2cc(=O)c3ccccc3[nH]2)cc1. The summed E-state index contributed by atoms with van der Waals surface area (Å²) in [5.41, 5.74) is 1.12. The van der Waals surface area contributed by atoms with Gasteiger partial charge >= 0.3 is 5.97 Å². The van der Waals surface area contributed by atoms with Crippen LogP contribution in [0.25, 0.3) is 10.9 Å². The van der Waals surface area contributed by atoms with Gasteiger partial charge in [0.1, 0.15) is 5.69 Å². The van der Waals surface area contributed by atoms with Crippen molar-refractivity contribution in [2.75, 3.05) is 11.9 Å². The third kappa shape index (κ3) is 5.20. The molecule has 3 aromatic rings. The van der Waals surface area contributed by atoms with Gasteiger partial charge in [0.2, 0.25) is 5.91 Å². The van der Waals surface area contributed by atoms with Crippen molar-refractivity contribution in [3.63, 3.8) is 0 Å². The first-order valence-corrected chi connectivity index (χ1v) is 9.56. The zero-order valence-electron chi connectivity index (χ0n) is 16.7. The summed E-state index contributed by atoms with van der Waals surface area (Å²) >= 11 is 0. The highest BCUT2D eigenvalue weighted by Crippen LogP contribution is 2.13. The second-order valence-corrected chi connectivity index (χ2v) is 7.32. The molecule has 30 heavy (non-hydrogen) atoms. The number of H-pyrrole nitrogens is 1. The number of carbonyl (C=O) groups excluding carboxylic acids is 3. The maximum Gasteiger partial charge on any atom is 0.355 e. The van der Waals surface area contributed by atoms with Crippen molar-refractivity contribution in [2.45, 2.75) is 20.3 Å². The molecule has 1 amide bonds. The molecule has 0 aliphatic heterocycles. The maximum atomic E-state index is 12.3. The molecule has 0 unspecified atom stereocenters. The Labute approximate surface area is 173 Å². The number of carbonyl (C=O) groups is 3. The van der Waals surface area contributed by atoms with E-state index in [4.69, 9.17) is 4.74 Å². The predicted molar refractivity (Wildman–Crippen MR) is 114 cm³/mol. The lowest BCUT2D eigenvalue weighted by atomic mass is 10.1. The van der Waals surface area contributed by atoms with Gasteiger partial charge in [-0.1, -0.05) is 26.0 Å². The molecule has 0 saturated heterocycles. The quantitative estimate of drug-likeness (QED) is 0.461. The Morgan fingerprint density at radius 3 is 2.43 bits per heavy atom. The van der Waals surface area contributed by atoms with Gasteiger partial charge in [-0.05, 0) is 42.3 Å². The molecule has 0 saturated carbocycles. The van der Waals surface area contributed by atoms with E-state index in [2.05, 4.69) is 10.3 Å². The average Bonchev–Trinajstić information content (AvgIpc) is 2.71. The standard InChI is InChI=1S/C23H22N2O5/c1-14(2)11-22(28)24-16-9-7-15(8-10-16)21(27)13-30-23(29)19-12-20(26)17-5-3-4-6-18(17)25-19/h3-10,12,14H,11,13H2,1-2H3,(H,24,28)(H,25,26). The van der Waals surface area contributed by atoms with Crippen LogP contribution in [0.2, 0.25) is 0 Å². The molecule has 2 N–H and O–H groups in total. The highest BCUT2D eigenvalue weighted by Gasteiger charge is 2.14. The van der Waals surface area contributed by atoms with E-state index in [1.165, 1.54) is 0 Å². The molecule has 0 aliphatic carbocycles. The number of rotatable bonds is 7. The second kappa shape index (κ2) is 9.17. The summed E-state index contributed by atoms with van der Waals surface area (Å²) < 4.78 is 5.06. The van der Waals surface area contributed by atoms with Crippen LogP contribution in [-0.2, 0) is 9.53 Å². The van der Waals surface area contributed by atoms with Gasteiger partial charge in [-0.25, -0.2) is 4.79 Å². The number of aromatic nitrogens is 1. The minimum Gasteiger partial charge on any atom is -0.453 e. The van der Waals surface area contributed by atoms with Crippen LogP contribution < -0.4 is 10.7 Å². The lowest BCUT2D eigenvalue weighted by Gasteiger charge is -2.08. The van der Waals surface area contributed by atoms with Crippen LogP contribution in [0.5, 0.6) is 0 Å². The maximum absolute atomic E-state index is 12.3. The predicted octanol–water partition coefficient (Wildman–Crippen LogP) is 3.55. The zero-order valence-corrected chi connectivity index (χ0v) is 16.7. The molecule has 7 nitrogen and oxygen atoms in total. The number of Topliss-reactive ketones (excluding diaryl/α,β-unsaturated/α-hetero) is 1. The number of amides is 1. The van der Waals surface area contributed by atoms with Crippen LogP contribution in [0.3, 0.4) is 0 Å². The van der Waals surface area contributed by atoms with Gasteiger partial charge in [-0.3, -0.25) is 14.4 Å². The Hall–Kier alpha value is -3.74. The zero-order chi connectivity index (χ0) is 21.7. The van der Waals surface area contributed by atoms with Crippen molar-refractivity contribution < 1.29 is 19.1 Å². The Kier molecular flexibility index (Phi) is 6.41. The Bertz CT molecular complexity index is 1150. The smallest absolute Gasteiger partial charge is 0.355 e. The summed E-state index contributed by atoms with van der Waals surface area (Å²) in [5.74, 6) is -1.03. The summed E-state index contributed by atoms with van der Waals surface area (Å²) in [7, 11) is 0. The molecule has 0 spiro atoms. The number of ketones is 1. The van der Waals surface area contributed by atoms with Crippen molar-refractivity contribution in [1.82, 2.24) is 4.98 Å². The molecule has 1 heterocycles. The minimum atomic E-state index is -0.788. The highest BCUT2D eigenvalue weighted by molar-refractivity contribution is 6.00. The molecule has 3 rings (SSSR count). The Morgan fingerprint density at radius 2 is 1.73 bits per heavy atom. The summed E-state index contributed by atoms with van der Waals surface area (Å²) in [6.07, 6.45) is 0.410. The molecule has 0 aliphatic rings. The number of para-hydroxylation sites is 1. The lowest BCUT2D eigenvalue weighted by Crippen LogP contribution is -2.17. The molecular formula is C23H22N2O5. The van der Waals surface area contributed by atoms with Crippen LogP contribution in [0.1, 0.15) is 41.1 Å². The summed E-state index contributed by atoms with van der Waals surface area (Å²) in [6.45, 7) is 3.44.